The van der Waals surface area contributed by atoms with Gasteiger partial charge in [0.15, 0.2) is 23.1 Å². The van der Waals surface area contributed by atoms with Crippen LogP contribution in [0.15, 0.2) is 191 Å². The number of aromatic nitrogens is 4. The lowest BCUT2D eigenvalue weighted by molar-refractivity contribution is 0.668. The van der Waals surface area contributed by atoms with Crippen molar-refractivity contribution in [3.8, 4) is 51.0 Å². The zero-order valence-electron chi connectivity index (χ0n) is 30.4. The van der Waals surface area contributed by atoms with E-state index >= 15 is 0 Å². The molecule has 12 aromatic rings. The van der Waals surface area contributed by atoms with Crippen LogP contribution in [-0.4, -0.2) is 19.5 Å². The predicted molar refractivity (Wildman–Crippen MR) is 230 cm³/mol. The van der Waals surface area contributed by atoms with E-state index in [9.17, 15) is 0 Å². The van der Waals surface area contributed by atoms with Crippen molar-refractivity contribution in [1.29, 1.82) is 0 Å². The van der Waals surface area contributed by atoms with Crippen LogP contribution in [0, 0.1) is 0 Å². The van der Waals surface area contributed by atoms with Gasteiger partial charge in [0, 0.05) is 43.6 Å². The maximum absolute atomic E-state index is 6.90. The Labute approximate surface area is 325 Å². The minimum atomic E-state index is 0.566. The first-order chi connectivity index (χ1) is 28.3. The van der Waals surface area contributed by atoms with E-state index in [1.165, 1.54) is 0 Å². The fourth-order valence-electron chi connectivity index (χ4n) is 8.50. The van der Waals surface area contributed by atoms with Gasteiger partial charge in [-0.05, 0) is 47.5 Å². The van der Waals surface area contributed by atoms with Gasteiger partial charge in [-0.2, -0.15) is 0 Å². The maximum Gasteiger partial charge on any atom is 0.164 e. The van der Waals surface area contributed by atoms with Gasteiger partial charge in [-0.15, -0.1) is 0 Å². The van der Waals surface area contributed by atoms with Gasteiger partial charge in [-0.1, -0.05) is 146 Å². The molecule has 12 rings (SSSR count). The molecule has 0 bridgehead atoms. The Morgan fingerprint density at radius 3 is 1.70 bits per heavy atom. The molecule has 266 valence electrons. The molecule has 0 aliphatic carbocycles. The highest BCUT2D eigenvalue weighted by atomic mass is 16.3. The molecule has 6 heteroatoms. The Morgan fingerprint density at radius 1 is 0.368 bits per heavy atom. The first-order valence-corrected chi connectivity index (χ1v) is 19.0. The van der Waals surface area contributed by atoms with Gasteiger partial charge in [0.2, 0.25) is 0 Å². The minimum Gasteiger partial charge on any atom is -0.456 e. The number of furan rings is 2. The van der Waals surface area contributed by atoms with Gasteiger partial charge in [0.05, 0.1) is 22.1 Å². The van der Waals surface area contributed by atoms with Crippen molar-refractivity contribution in [3.63, 3.8) is 0 Å². The molecule has 6 nitrogen and oxygen atoms in total. The second-order valence-electron chi connectivity index (χ2n) is 14.3. The fourth-order valence-corrected chi connectivity index (χ4v) is 8.50. The van der Waals surface area contributed by atoms with Crippen molar-refractivity contribution in [3.05, 3.63) is 182 Å². The number of nitrogens with zero attached hydrogens (tertiary/aromatic N) is 4. The van der Waals surface area contributed by atoms with Gasteiger partial charge in [-0.3, -0.25) is 0 Å². The molecule has 0 atom stereocenters. The molecule has 4 aromatic heterocycles. The molecular formula is C51H30N4O2. The van der Waals surface area contributed by atoms with Crippen LogP contribution in [0.2, 0.25) is 0 Å². The third-order valence-electron chi connectivity index (χ3n) is 11.0. The van der Waals surface area contributed by atoms with Crippen LogP contribution in [0.1, 0.15) is 0 Å². The molecule has 57 heavy (non-hydrogen) atoms. The average Bonchev–Trinajstić information content (AvgIpc) is 3.97. The Bertz CT molecular complexity index is 3450. The van der Waals surface area contributed by atoms with Crippen LogP contribution in [0.3, 0.4) is 0 Å². The lowest BCUT2D eigenvalue weighted by atomic mass is 9.99. The monoisotopic (exact) mass is 730 g/mol. The summed E-state index contributed by atoms with van der Waals surface area (Å²) >= 11 is 0. The van der Waals surface area contributed by atoms with Crippen molar-refractivity contribution >= 4 is 65.7 Å². The molecule has 0 spiro atoms. The third-order valence-corrected chi connectivity index (χ3v) is 11.0. The lowest BCUT2D eigenvalue weighted by Gasteiger charge is -2.14. The number of hydrogen-bond donors (Lipinski definition) is 0. The van der Waals surface area contributed by atoms with Crippen LogP contribution in [-0.2, 0) is 0 Å². The maximum atomic E-state index is 6.90. The Hall–Kier alpha value is -7.83. The highest BCUT2D eigenvalue weighted by molar-refractivity contribution is 6.23. The summed E-state index contributed by atoms with van der Waals surface area (Å²) in [6.07, 6.45) is 0. The van der Waals surface area contributed by atoms with Crippen molar-refractivity contribution in [2.45, 2.75) is 0 Å². The summed E-state index contributed by atoms with van der Waals surface area (Å²) in [6, 6.07) is 62.5. The highest BCUT2D eigenvalue weighted by Gasteiger charge is 2.25. The molecular weight excluding hydrogens is 701 g/mol. The molecule has 8 aromatic carbocycles. The number of hydrogen-bond acceptors (Lipinski definition) is 5. The minimum absolute atomic E-state index is 0.566. The topological polar surface area (TPSA) is 69.9 Å². The molecule has 0 N–H and O–H groups in total. The normalized spacial score (nSPS) is 11.9. The third kappa shape index (κ3) is 4.87. The van der Waals surface area contributed by atoms with E-state index < -0.39 is 0 Å². The van der Waals surface area contributed by atoms with Gasteiger partial charge < -0.3 is 13.4 Å². The predicted octanol–water partition coefficient (Wildman–Crippen LogP) is 13.4. The first kappa shape index (κ1) is 31.5. The molecule has 0 fully saturated rings. The molecule has 0 aliphatic rings. The van der Waals surface area contributed by atoms with Crippen LogP contribution >= 0.6 is 0 Å². The van der Waals surface area contributed by atoms with Gasteiger partial charge >= 0.3 is 0 Å². The van der Waals surface area contributed by atoms with Gasteiger partial charge in [0.1, 0.15) is 16.7 Å². The zero-order valence-corrected chi connectivity index (χ0v) is 30.4. The smallest absolute Gasteiger partial charge is 0.164 e. The van der Waals surface area contributed by atoms with Crippen LogP contribution in [0.25, 0.3) is 117 Å². The summed E-state index contributed by atoms with van der Waals surface area (Å²) < 4.78 is 16.1. The van der Waals surface area contributed by atoms with E-state index in [1.54, 1.807) is 0 Å². The molecule has 0 unspecified atom stereocenters. The van der Waals surface area contributed by atoms with Crippen LogP contribution < -0.4 is 0 Å². The Kier molecular flexibility index (Phi) is 6.83. The summed E-state index contributed by atoms with van der Waals surface area (Å²) in [5, 5.41) is 6.29. The number of fused-ring (bicyclic) bond motifs is 10. The summed E-state index contributed by atoms with van der Waals surface area (Å²) in [5.41, 5.74) is 11.0. The highest BCUT2D eigenvalue weighted by Crippen LogP contribution is 2.46. The molecule has 0 amide bonds. The lowest BCUT2D eigenvalue weighted by Crippen LogP contribution is -2.01. The second-order valence-corrected chi connectivity index (χ2v) is 14.3. The molecule has 0 radical (unpaired) electrons. The number of para-hydroxylation sites is 2. The second kappa shape index (κ2) is 12.3. The van der Waals surface area contributed by atoms with Crippen molar-refractivity contribution in [2.75, 3.05) is 0 Å². The molecule has 4 heterocycles. The fraction of sp³-hybridized carbons (Fsp3) is 0. The van der Waals surface area contributed by atoms with E-state index in [0.717, 1.165) is 99.2 Å². The summed E-state index contributed by atoms with van der Waals surface area (Å²) in [4.78, 5) is 15.3. The summed E-state index contributed by atoms with van der Waals surface area (Å²) in [6.45, 7) is 0. The molecule has 0 aliphatic heterocycles. The number of rotatable bonds is 5. The van der Waals surface area contributed by atoms with E-state index in [4.69, 9.17) is 23.8 Å². The van der Waals surface area contributed by atoms with Gasteiger partial charge in [-0.25, -0.2) is 15.0 Å². The molecule has 0 saturated carbocycles. The number of benzene rings is 8. The van der Waals surface area contributed by atoms with Crippen molar-refractivity contribution in [2.24, 2.45) is 0 Å². The standard InChI is InChI=1S/C51H30N4O2/c1-4-15-31(16-5-1)34-29-41(55-40-24-12-10-21-35(40)37-27-28-38-36-22-11-13-25-42(36)57-48(38)47(37)55)46-44(30-34)56-43-26-14-23-39(45(43)46)51-53-49(32-17-6-2-7-18-32)52-50(54-51)33-19-8-3-9-20-33/h1-30H. The summed E-state index contributed by atoms with van der Waals surface area (Å²) in [7, 11) is 0. The van der Waals surface area contributed by atoms with Crippen molar-refractivity contribution < 1.29 is 8.83 Å². The Balaban J connectivity index is 1.23. The Morgan fingerprint density at radius 2 is 0.965 bits per heavy atom. The summed E-state index contributed by atoms with van der Waals surface area (Å²) in [5.74, 6) is 1.77. The van der Waals surface area contributed by atoms with Crippen LogP contribution in [0.5, 0.6) is 0 Å². The van der Waals surface area contributed by atoms with E-state index in [0.29, 0.717) is 17.5 Å². The van der Waals surface area contributed by atoms with E-state index in [1.807, 2.05) is 91.0 Å². The van der Waals surface area contributed by atoms with Crippen molar-refractivity contribution in [1.82, 2.24) is 19.5 Å². The quantitative estimate of drug-likeness (QED) is 0.176. The first-order valence-electron chi connectivity index (χ1n) is 19.0. The average molecular weight is 731 g/mol. The zero-order chi connectivity index (χ0) is 37.5. The van der Waals surface area contributed by atoms with Crippen LogP contribution in [0.4, 0.5) is 0 Å². The van der Waals surface area contributed by atoms with E-state index in [2.05, 4.69) is 95.6 Å². The largest absolute Gasteiger partial charge is 0.456 e. The SMILES string of the molecule is c1ccc(-c2cc(-n3c4ccccc4c4ccc5c6ccccc6oc5c43)c3c(c2)oc2cccc(-c4nc(-c5ccccc5)nc(-c5ccccc5)n4)c23)cc1. The van der Waals surface area contributed by atoms with Gasteiger partial charge in [0.25, 0.3) is 0 Å². The van der Waals surface area contributed by atoms with E-state index in [-0.39, 0.29) is 0 Å². The molecule has 0 saturated heterocycles.